The molecule has 0 aliphatic carbocycles. The molecule has 0 fully saturated rings. The topological polar surface area (TPSA) is 66.8 Å². The predicted molar refractivity (Wildman–Crippen MR) is 59.7 cm³/mol. The van der Waals surface area contributed by atoms with Crippen molar-refractivity contribution in [3.63, 3.8) is 0 Å². The molecule has 1 aromatic carbocycles. The van der Waals surface area contributed by atoms with Gasteiger partial charge in [0.1, 0.15) is 5.75 Å². The lowest BCUT2D eigenvalue weighted by Crippen LogP contribution is -2.33. The fourth-order valence-electron chi connectivity index (χ4n) is 1.68. The van der Waals surface area contributed by atoms with Crippen molar-refractivity contribution in [2.45, 2.75) is 18.8 Å². The van der Waals surface area contributed by atoms with E-state index in [1.165, 1.54) is 7.11 Å². The number of rotatable bonds is 5. The van der Waals surface area contributed by atoms with E-state index in [0.29, 0.717) is 11.3 Å². The van der Waals surface area contributed by atoms with Crippen LogP contribution >= 0.6 is 0 Å². The van der Waals surface area contributed by atoms with Crippen LogP contribution in [0.4, 0.5) is 0 Å². The maximum absolute atomic E-state index is 11.3. The van der Waals surface area contributed by atoms with Gasteiger partial charge in [-0.15, -0.1) is 0 Å². The van der Waals surface area contributed by atoms with Crippen LogP contribution in [0.3, 0.4) is 0 Å². The molecule has 0 aliphatic heterocycles. The summed E-state index contributed by atoms with van der Waals surface area (Å²) >= 11 is 0. The van der Waals surface area contributed by atoms with Crippen molar-refractivity contribution in [3.8, 4) is 5.75 Å². The highest BCUT2D eigenvalue weighted by Crippen LogP contribution is 2.34. The summed E-state index contributed by atoms with van der Waals surface area (Å²) in [6.45, 7) is 1.41. The van der Waals surface area contributed by atoms with Crippen LogP contribution in [0.5, 0.6) is 5.75 Å². The van der Waals surface area contributed by atoms with Crippen LogP contribution in [0.15, 0.2) is 24.3 Å². The summed E-state index contributed by atoms with van der Waals surface area (Å²) in [7, 11) is 1.50. The summed E-state index contributed by atoms with van der Waals surface area (Å²) in [4.78, 5) is 11.3. The van der Waals surface area contributed by atoms with Crippen molar-refractivity contribution in [2.24, 2.45) is 0 Å². The molecule has 0 aliphatic rings. The minimum Gasteiger partial charge on any atom is -0.496 e. The number of carbonyl (C=O) groups is 1. The molecule has 0 heterocycles. The molecule has 4 heteroatoms. The summed E-state index contributed by atoms with van der Waals surface area (Å²) in [5.74, 6) is -0.438. The Bertz CT molecular complexity index is 375. The van der Waals surface area contributed by atoms with E-state index in [4.69, 9.17) is 9.84 Å². The summed E-state index contributed by atoms with van der Waals surface area (Å²) in [5, 5.41) is 18.2. The largest absolute Gasteiger partial charge is 0.496 e. The lowest BCUT2D eigenvalue weighted by Gasteiger charge is -2.26. The number of hydrogen-bond donors (Lipinski definition) is 2. The maximum atomic E-state index is 11.3. The van der Waals surface area contributed by atoms with Crippen molar-refractivity contribution in [1.82, 2.24) is 0 Å². The van der Waals surface area contributed by atoms with E-state index in [-0.39, 0.29) is 13.0 Å². The van der Waals surface area contributed by atoms with Gasteiger partial charge in [0.2, 0.25) is 0 Å². The Hall–Kier alpha value is -1.55. The monoisotopic (exact) mass is 224 g/mol. The van der Waals surface area contributed by atoms with Crippen LogP contribution in [0.1, 0.15) is 18.9 Å². The number of aliphatic hydroxyl groups excluding tert-OH is 1. The molecule has 0 saturated carbocycles. The van der Waals surface area contributed by atoms with Gasteiger partial charge in [-0.1, -0.05) is 18.2 Å². The third-order valence-corrected chi connectivity index (χ3v) is 2.79. The molecule has 0 bridgehead atoms. The van der Waals surface area contributed by atoms with Gasteiger partial charge in [-0.2, -0.15) is 0 Å². The first-order valence-corrected chi connectivity index (χ1v) is 5.04. The second-order valence-corrected chi connectivity index (χ2v) is 3.81. The number of aliphatic hydroxyl groups is 1. The molecule has 0 saturated heterocycles. The highest BCUT2D eigenvalue weighted by atomic mass is 16.5. The molecule has 88 valence electrons. The van der Waals surface area contributed by atoms with Gasteiger partial charge in [0.05, 0.1) is 12.5 Å². The number of ether oxygens (including phenoxy) is 1. The van der Waals surface area contributed by atoms with Crippen molar-refractivity contribution >= 4 is 5.97 Å². The molecule has 0 amide bonds. The number of methoxy groups -OCH3 is 1. The summed E-state index contributed by atoms with van der Waals surface area (Å²) in [6, 6.07) is 6.97. The normalized spacial score (nSPS) is 14.2. The zero-order chi connectivity index (χ0) is 12.2. The van der Waals surface area contributed by atoms with Gasteiger partial charge < -0.3 is 14.9 Å². The standard InChI is InChI=1S/C12H16O4/c1-12(7-8-13,11(14)15)9-5-3-4-6-10(9)16-2/h3-6,13H,7-8H2,1-2H3,(H,14,15). The SMILES string of the molecule is COc1ccccc1C(C)(CCO)C(=O)O. The van der Waals surface area contributed by atoms with E-state index in [2.05, 4.69) is 0 Å². The first kappa shape index (κ1) is 12.5. The van der Waals surface area contributed by atoms with Gasteiger partial charge in [-0.25, -0.2) is 0 Å². The molecule has 1 unspecified atom stereocenters. The number of carboxylic acids is 1. The van der Waals surface area contributed by atoms with E-state index >= 15 is 0 Å². The number of hydrogen-bond acceptors (Lipinski definition) is 3. The molecule has 0 radical (unpaired) electrons. The molecule has 4 nitrogen and oxygen atoms in total. The van der Waals surface area contributed by atoms with E-state index in [9.17, 15) is 9.90 Å². The van der Waals surface area contributed by atoms with Crippen LogP contribution in [0, 0.1) is 0 Å². The fraction of sp³-hybridized carbons (Fsp3) is 0.417. The Kier molecular flexibility index (Phi) is 3.90. The summed E-state index contributed by atoms with van der Waals surface area (Å²) < 4.78 is 5.14. The Labute approximate surface area is 94.5 Å². The number of benzene rings is 1. The number of para-hydroxylation sites is 1. The lowest BCUT2D eigenvalue weighted by molar-refractivity contribution is -0.143. The number of aliphatic carboxylic acids is 1. The third kappa shape index (κ3) is 2.17. The molecule has 2 N–H and O–H groups in total. The smallest absolute Gasteiger partial charge is 0.314 e. The Morgan fingerprint density at radius 2 is 2.06 bits per heavy atom. The predicted octanol–water partition coefficient (Wildman–Crippen LogP) is 1.42. The summed E-state index contributed by atoms with van der Waals surface area (Å²) in [6.07, 6.45) is 0.155. The molecule has 1 aromatic rings. The molecular formula is C12H16O4. The van der Waals surface area contributed by atoms with E-state index in [0.717, 1.165) is 0 Å². The minimum atomic E-state index is -1.12. The fourth-order valence-corrected chi connectivity index (χ4v) is 1.68. The van der Waals surface area contributed by atoms with Gasteiger partial charge in [0.25, 0.3) is 0 Å². The van der Waals surface area contributed by atoms with Crippen molar-refractivity contribution < 1.29 is 19.7 Å². The Morgan fingerprint density at radius 1 is 1.44 bits per heavy atom. The molecule has 0 aromatic heterocycles. The first-order valence-electron chi connectivity index (χ1n) is 5.04. The second-order valence-electron chi connectivity index (χ2n) is 3.81. The highest BCUT2D eigenvalue weighted by Gasteiger charge is 2.36. The van der Waals surface area contributed by atoms with Crippen molar-refractivity contribution in [1.29, 1.82) is 0 Å². The van der Waals surface area contributed by atoms with Crippen molar-refractivity contribution in [3.05, 3.63) is 29.8 Å². The zero-order valence-corrected chi connectivity index (χ0v) is 9.43. The van der Waals surface area contributed by atoms with Crippen LogP contribution in [-0.4, -0.2) is 29.9 Å². The summed E-state index contributed by atoms with van der Waals surface area (Å²) in [5.41, 5.74) is -0.541. The van der Waals surface area contributed by atoms with Crippen LogP contribution < -0.4 is 4.74 Å². The quantitative estimate of drug-likeness (QED) is 0.793. The molecule has 16 heavy (non-hydrogen) atoms. The average Bonchev–Trinajstić information content (AvgIpc) is 2.29. The maximum Gasteiger partial charge on any atom is 0.314 e. The lowest BCUT2D eigenvalue weighted by atomic mass is 9.79. The molecule has 1 atom stereocenters. The van der Waals surface area contributed by atoms with Crippen LogP contribution in [-0.2, 0) is 10.2 Å². The molecule has 1 rings (SSSR count). The Balaban J connectivity index is 3.25. The first-order chi connectivity index (χ1) is 7.56. The van der Waals surface area contributed by atoms with Crippen LogP contribution in [0.2, 0.25) is 0 Å². The van der Waals surface area contributed by atoms with Gasteiger partial charge >= 0.3 is 5.97 Å². The van der Waals surface area contributed by atoms with E-state index < -0.39 is 11.4 Å². The second kappa shape index (κ2) is 4.99. The van der Waals surface area contributed by atoms with E-state index in [1.807, 2.05) is 0 Å². The van der Waals surface area contributed by atoms with Gasteiger partial charge in [-0.3, -0.25) is 4.79 Å². The van der Waals surface area contributed by atoms with Crippen molar-refractivity contribution in [2.75, 3.05) is 13.7 Å². The van der Waals surface area contributed by atoms with E-state index in [1.54, 1.807) is 31.2 Å². The van der Waals surface area contributed by atoms with Gasteiger partial charge in [-0.05, 0) is 19.4 Å². The highest BCUT2D eigenvalue weighted by molar-refractivity contribution is 5.82. The number of carboxylic acid groups (broad SMARTS) is 1. The molecular weight excluding hydrogens is 208 g/mol. The zero-order valence-electron chi connectivity index (χ0n) is 9.43. The van der Waals surface area contributed by atoms with Gasteiger partial charge in [0, 0.05) is 12.2 Å². The third-order valence-electron chi connectivity index (χ3n) is 2.79. The average molecular weight is 224 g/mol. The Morgan fingerprint density at radius 3 is 2.56 bits per heavy atom. The van der Waals surface area contributed by atoms with Gasteiger partial charge in [0.15, 0.2) is 0 Å². The van der Waals surface area contributed by atoms with Crippen LogP contribution in [0.25, 0.3) is 0 Å². The minimum absolute atomic E-state index is 0.155. The molecule has 0 spiro atoms.